The molecule has 1 aromatic heterocycles. The van der Waals surface area contributed by atoms with Crippen molar-refractivity contribution in [2.24, 2.45) is 5.41 Å². The molecule has 6 nitrogen and oxygen atoms in total. The molecule has 7 heteroatoms. The van der Waals surface area contributed by atoms with E-state index < -0.39 is 0 Å². The molecular weight excluding hydrogens is 364 g/mol. The summed E-state index contributed by atoms with van der Waals surface area (Å²) >= 11 is 0. The zero-order valence-corrected chi connectivity index (χ0v) is 17.1. The van der Waals surface area contributed by atoms with Gasteiger partial charge in [0.25, 0.3) is 5.91 Å². The molecule has 3 atom stereocenters. The quantitative estimate of drug-likeness (QED) is 0.802. The molecular formula is C20H33ClN4O2. The minimum atomic E-state index is -0.0302. The van der Waals surface area contributed by atoms with Gasteiger partial charge in [-0.25, -0.2) is 0 Å². The van der Waals surface area contributed by atoms with E-state index in [0.29, 0.717) is 17.8 Å². The van der Waals surface area contributed by atoms with E-state index in [1.807, 2.05) is 16.9 Å². The lowest BCUT2D eigenvalue weighted by Gasteiger charge is -2.57. The van der Waals surface area contributed by atoms with E-state index in [9.17, 15) is 4.79 Å². The number of hydrogen-bond donors (Lipinski definition) is 2. The van der Waals surface area contributed by atoms with Crippen LogP contribution in [0, 0.1) is 5.41 Å². The van der Waals surface area contributed by atoms with Gasteiger partial charge in [0.2, 0.25) is 0 Å². The van der Waals surface area contributed by atoms with Gasteiger partial charge in [0.1, 0.15) is 5.69 Å². The lowest BCUT2D eigenvalue weighted by molar-refractivity contribution is -0.146. The SMILES string of the molecule is CCOC1CC(NC(=O)c2ccn(C3CCCNC3)n2)C12CCCCC2.Cl. The molecule has 2 aliphatic carbocycles. The molecule has 1 spiro atoms. The van der Waals surface area contributed by atoms with Crippen LogP contribution in [-0.4, -0.2) is 47.5 Å². The zero-order valence-electron chi connectivity index (χ0n) is 16.3. The first-order valence-electron chi connectivity index (χ1n) is 10.4. The van der Waals surface area contributed by atoms with Gasteiger partial charge in [-0.2, -0.15) is 5.10 Å². The van der Waals surface area contributed by atoms with E-state index in [1.54, 1.807) is 0 Å². The summed E-state index contributed by atoms with van der Waals surface area (Å²) < 4.78 is 7.95. The molecule has 1 aliphatic heterocycles. The second-order valence-corrected chi connectivity index (χ2v) is 8.18. The van der Waals surface area contributed by atoms with Crippen LogP contribution in [0.25, 0.3) is 0 Å². The number of nitrogens with one attached hydrogen (secondary N) is 2. The number of hydrogen-bond acceptors (Lipinski definition) is 4. The van der Waals surface area contributed by atoms with Crippen LogP contribution in [0.15, 0.2) is 12.3 Å². The number of carbonyl (C=O) groups excluding carboxylic acids is 1. The van der Waals surface area contributed by atoms with Crippen LogP contribution in [0.3, 0.4) is 0 Å². The Kier molecular flexibility index (Phi) is 6.82. The Bertz CT molecular complexity index is 623. The van der Waals surface area contributed by atoms with Gasteiger partial charge < -0.3 is 15.4 Å². The van der Waals surface area contributed by atoms with E-state index in [0.717, 1.165) is 39.0 Å². The third-order valence-electron chi connectivity index (χ3n) is 6.73. The smallest absolute Gasteiger partial charge is 0.272 e. The second kappa shape index (κ2) is 8.93. The van der Waals surface area contributed by atoms with Gasteiger partial charge in [0, 0.05) is 30.8 Å². The molecule has 1 saturated heterocycles. The molecule has 27 heavy (non-hydrogen) atoms. The van der Waals surface area contributed by atoms with Gasteiger partial charge in [-0.15, -0.1) is 12.4 Å². The van der Waals surface area contributed by atoms with Crippen molar-refractivity contribution in [3.8, 4) is 0 Å². The largest absolute Gasteiger partial charge is 0.378 e. The monoisotopic (exact) mass is 396 g/mol. The zero-order chi connectivity index (χ0) is 18.0. The number of piperidine rings is 1. The maximum atomic E-state index is 12.8. The molecule has 0 bridgehead atoms. The predicted molar refractivity (Wildman–Crippen MR) is 107 cm³/mol. The van der Waals surface area contributed by atoms with Crippen molar-refractivity contribution in [1.29, 1.82) is 0 Å². The third kappa shape index (κ3) is 4.03. The minimum Gasteiger partial charge on any atom is -0.378 e. The average molecular weight is 397 g/mol. The standard InChI is InChI=1S/C20H32N4O2.ClH/c1-2-26-18-13-17(20(18)9-4-3-5-10-20)22-19(25)16-8-12-24(23-16)15-7-6-11-21-14-15;/h8,12,15,17-18,21H,2-7,9-11,13-14H2,1H3,(H,22,25);1H. The first kappa shape index (κ1) is 20.6. The number of ether oxygens (including phenoxy) is 1. The van der Waals surface area contributed by atoms with Crippen LogP contribution >= 0.6 is 12.4 Å². The Morgan fingerprint density at radius 3 is 2.89 bits per heavy atom. The van der Waals surface area contributed by atoms with Crippen LogP contribution < -0.4 is 10.6 Å². The van der Waals surface area contributed by atoms with Gasteiger partial charge in [-0.05, 0) is 51.6 Å². The maximum absolute atomic E-state index is 12.8. The van der Waals surface area contributed by atoms with Crippen LogP contribution in [-0.2, 0) is 4.74 Å². The highest BCUT2D eigenvalue weighted by Crippen LogP contribution is 2.53. The first-order chi connectivity index (χ1) is 12.7. The summed E-state index contributed by atoms with van der Waals surface area (Å²) in [4.78, 5) is 12.8. The van der Waals surface area contributed by atoms with Crippen molar-refractivity contribution in [3.63, 3.8) is 0 Å². The number of rotatable bonds is 5. The number of carbonyl (C=O) groups is 1. The summed E-state index contributed by atoms with van der Waals surface area (Å²) in [5.74, 6) is -0.0302. The van der Waals surface area contributed by atoms with E-state index in [4.69, 9.17) is 4.74 Å². The van der Waals surface area contributed by atoms with Gasteiger partial charge in [0.15, 0.2) is 0 Å². The van der Waals surface area contributed by atoms with E-state index >= 15 is 0 Å². The third-order valence-corrected chi connectivity index (χ3v) is 6.73. The van der Waals surface area contributed by atoms with Crippen molar-refractivity contribution >= 4 is 18.3 Å². The summed E-state index contributed by atoms with van der Waals surface area (Å²) in [5, 5.41) is 11.3. The maximum Gasteiger partial charge on any atom is 0.272 e. The Morgan fingerprint density at radius 2 is 2.19 bits per heavy atom. The topological polar surface area (TPSA) is 68.2 Å². The molecule has 3 aliphatic rings. The number of amides is 1. The number of halogens is 1. The fourth-order valence-corrected chi connectivity index (χ4v) is 5.22. The first-order valence-corrected chi connectivity index (χ1v) is 10.4. The van der Waals surface area contributed by atoms with Gasteiger partial charge in [0.05, 0.1) is 12.1 Å². The van der Waals surface area contributed by atoms with Crippen LogP contribution in [0.2, 0.25) is 0 Å². The van der Waals surface area contributed by atoms with Crippen molar-refractivity contribution in [1.82, 2.24) is 20.4 Å². The lowest BCUT2D eigenvalue weighted by atomic mass is 9.55. The summed E-state index contributed by atoms with van der Waals surface area (Å²) in [6, 6.07) is 2.45. The highest BCUT2D eigenvalue weighted by Gasteiger charge is 2.56. The fourth-order valence-electron chi connectivity index (χ4n) is 5.22. The Balaban J connectivity index is 0.00000210. The van der Waals surface area contributed by atoms with Crippen molar-refractivity contribution in [3.05, 3.63) is 18.0 Å². The average Bonchev–Trinajstić information content (AvgIpc) is 3.19. The number of nitrogens with zero attached hydrogens (tertiary/aromatic N) is 2. The van der Waals surface area contributed by atoms with Gasteiger partial charge in [-0.3, -0.25) is 9.48 Å². The molecule has 1 aromatic rings. The summed E-state index contributed by atoms with van der Waals surface area (Å²) in [6.07, 6.45) is 11.6. The van der Waals surface area contributed by atoms with E-state index in [2.05, 4.69) is 22.7 Å². The predicted octanol–water partition coefficient (Wildman–Crippen LogP) is 3.09. The molecule has 3 unspecified atom stereocenters. The van der Waals surface area contributed by atoms with Crippen molar-refractivity contribution in [2.45, 2.75) is 76.5 Å². The molecule has 2 heterocycles. The highest BCUT2D eigenvalue weighted by molar-refractivity contribution is 5.92. The van der Waals surface area contributed by atoms with Crippen molar-refractivity contribution in [2.75, 3.05) is 19.7 Å². The molecule has 1 amide bonds. The van der Waals surface area contributed by atoms with Crippen molar-refractivity contribution < 1.29 is 9.53 Å². The highest BCUT2D eigenvalue weighted by atomic mass is 35.5. The second-order valence-electron chi connectivity index (χ2n) is 8.18. The van der Waals surface area contributed by atoms with Crippen LogP contribution in [0.4, 0.5) is 0 Å². The normalized spacial score (nSPS) is 29.6. The summed E-state index contributed by atoms with van der Waals surface area (Å²) in [5.41, 5.74) is 0.696. The van der Waals surface area contributed by atoms with Gasteiger partial charge >= 0.3 is 0 Å². The van der Waals surface area contributed by atoms with Crippen LogP contribution in [0.5, 0.6) is 0 Å². The van der Waals surface area contributed by atoms with Gasteiger partial charge in [-0.1, -0.05) is 19.3 Å². The fraction of sp³-hybridized carbons (Fsp3) is 0.800. The molecule has 4 rings (SSSR count). The molecule has 152 valence electrons. The lowest BCUT2D eigenvalue weighted by Crippen LogP contribution is -2.65. The summed E-state index contributed by atoms with van der Waals surface area (Å²) in [6.45, 7) is 4.84. The van der Waals surface area contributed by atoms with E-state index in [-0.39, 0.29) is 29.8 Å². The van der Waals surface area contributed by atoms with Crippen LogP contribution in [0.1, 0.15) is 74.8 Å². The Labute approximate surface area is 168 Å². The number of aromatic nitrogens is 2. The molecule has 0 radical (unpaired) electrons. The minimum absolute atomic E-state index is 0. The molecule has 0 aromatic carbocycles. The van der Waals surface area contributed by atoms with E-state index in [1.165, 1.54) is 32.1 Å². The molecule has 3 fully saturated rings. The Hall–Kier alpha value is -1.11. The Morgan fingerprint density at radius 1 is 1.37 bits per heavy atom. The molecule has 2 N–H and O–H groups in total. The summed E-state index contributed by atoms with van der Waals surface area (Å²) in [7, 11) is 0. The molecule has 2 saturated carbocycles.